The summed E-state index contributed by atoms with van der Waals surface area (Å²) in [6.07, 6.45) is 1.46. The van der Waals surface area contributed by atoms with Crippen molar-refractivity contribution in [1.82, 2.24) is 9.97 Å². The summed E-state index contributed by atoms with van der Waals surface area (Å²) in [6.45, 7) is 1.89. The van der Waals surface area contributed by atoms with Crippen LogP contribution in [0, 0.1) is 6.92 Å². The van der Waals surface area contributed by atoms with Crippen molar-refractivity contribution >= 4 is 49.8 Å². The van der Waals surface area contributed by atoms with E-state index in [-0.39, 0.29) is 0 Å². The molecule has 3 nitrogen and oxygen atoms in total. The van der Waals surface area contributed by atoms with Gasteiger partial charge in [0.05, 0.1) is 0 Å². The first-order valence-electron chi connectivity index (χ1n) is 6.08. The van der Waals surface area contributed by atoms with Gasteiger partial charge >= 0.3 is 0 Å². The van der Waals surface area contributed by atoms with E-state index in [9.17, 15) is 0 Å². The van der Waals surface area contributed by atoms with Crippen molar-refractivity contribution in [1.29, 1.82) is 0 Å². The average Bonchev–Trinajstić information content (AvgIpc) is 2.47. The molecule has 0 aliphatic rings. The molecule has 0 spiro atoms. The summed E-state index contributed by atoms with van der Waals surface area (Å²) in [5.74, 6) is 0.720. The van der Waals surface area contributed by atoms with E-state index in [1.807, 2.05) is 31.2 Å². The van der Waals surface area contributed by atoms with Crippen LogP contribution in [0.5, 0.6) is 0 Å². The van der Waals surface area contributed by atoms with Gasteiger partial charge in [-0.1, -0.05) is 51.8 Å². The van der Waals surface area contributed by atoms with Gasteiger partial charge in [-0.05, 0) is 24.4 Å². The molecule has 5 heteroatoms. The van der Waals surface area contributed by atoms with E-state index in [4.69, 9.17) is 11.6 Å². The molecule has 0 saturated carbocycles. The summed E-state index contributed by atoms with van der Waals surface area (Å²) in [5, 5.41) is 6.06. The molecular weight excluding hydrogens is 338 g/mol. The van der Waals surface area contributed by atoms with Crippen LogP contribution in [-0.2, 0) is 0 Å². The number of anilines is 2. The Morgan fingerprint density at radius 2 is 1.80 bits per heavy atom. The molecule has 20 heavy (non-hydrogen) atoms. The highest BCUT2D eigenvalue weighted by Gasteiger charge is 2.08. The second kappa shape index (κ2) is 5.38. The zero-order chi connectivity index (χ0) is 14.1. The number of aromatic nitrogens is 2. The number of nitrogens with zero attached hydrogens (tertiary/aromatic N) is 2. The van der Waals surface area contributed by atoms with Gasteiger partial charge in [0, 0.05) is 21.1 Å². The lowest BCUT2D eigenvalue weighted by Crippen LogP contribution is -1.98. The van der Waals surface area contributed by atoms with Crippen LogP contribution in [0.25, 0.3) is 10.8 Å². The Labute approximate surface area is 130 Å². The third kappa shape index (κ3) is 2.37. The van der Waals surface area contributed by atoms with Gasteiger partial charge in [-0.25, -0.2) is 9.97 Å². The molecule has 0 aliphatic heterocycles. The van der Waals surface area contributed by atoms with Gasteiger partial charge in [-0.15, -0.1) is 0 Å². The highest BCUT2D eigenvalue weighted by atomic mass is 79.9. The van der Waals surface area contributed by atoms with Gasteiger partial charge in [0.15, 0.2) is 0 Å². The maximum Gasteiger partial charge on any atom is 0.138 e. The maximum absolute atomic E-state index is 6.02. The number of halogens is 2. The summed E-state index contributed by atoms with van der Waals surface area (Å²) < 4.78 is 1.07. The molecule has 3 rings (SSSR count). The standard InChI is InChI=1S/C15H11BrClN3/c1-9-14(17)18-8-19-15(9)20-13-7-6-12(16)10-4-2-3-5-11(10)13/h2-8H,1H3,(H,18,19,20). The molecular formula is C15H11BrClN3. The van der Waals surface area contributed by atoms with Crippen LogP contribution in [0.15, 0.2) is 47.2 Å². The minimum Gasteiger partial charge on any atom is -0.339 e. The molecule has 0 aliphatic carbocycles. The molecule has 0 amide bonds. The first-order valence-corrected chi connectivity index (χ1v) is 7.25. The lowest BCUT2D eigenvalue weighted by molar-refractivity contribution is 1.13. The minimum atomic E-state index is 0.462. The van der Waals surface area contributed by atoms with Crippen molar-refractivity contribution in [3.63, 3.8) is 0 Å². The van der Waals surface area contributed by atoms with Gasteiger partial charge in [-0.2, -0.15) is 0 Å². The Balaban J connectivity index is 2.12. The van der Waals surface area contributed by atoms with Gasteiger partial charge < -0.3 is 5.32 Å². The van der Waals surface area contributed by atoms with Gasteiger partial charge in [0.2, 0.25) is 0 Å². The topological polar surface area (TPSA) is 37.8 Å². The molecule has 0 fully saturated rings. The van der Waals surface area contributed by atoms with E-state index in [0.29, 0.717) is 5.15 Å². The Bertz CT molecular complexity index is 789. The summed E-state index contributed by atoms with van der Waals surface area (Å²) >= 11 is 9.59. The molecule has 0 unspecified atom stereocenters. The van der Waals surface area contributed by atoms with Crippen LogP contribution in [0.3, 0.4) is 0 Å². The van der Waals surface area contributed by atoms with Crippen molar-refractivity contribution in [2.24, 2.45) is 0 Å². The van der Waals surface area contributed by atoms with Crippen molar-refractivity contribution in [3.8, 4) is 0 Å². The molecule has 1 N–H and O–H groups in total. The van der Waals surface area contributed by atoms with Crippen LogP contribution in [0.4, 0.5) is 11.5 Å². The molecule has 0 atom stereocenters. The van der Waals surface area contributed by atoms with Crippen LogP contribution >= 0.6 is 27.5 Å². The number of benzene rings is 2. The molecule has 1 heterocycles. The van der Waals surface area contributed by atoms with Crippen LogP contribution < -0.4 is 5.32 Å². The Morgan fingerprint density at radius 3 is 2.60 bits per heavy atom. The van der Waals surface area contributed by atoms with Crippen molar-refractivity contribution in [3.05, 3.63) is 57.9 Å². The van der Waals surface area contributed by atoms with Gasteiger partial charge in [0.25, 0.3) is 0 Å². The zero-order valence-electron chi connectivity index (χ0n) is 10.7. The van der Waals surface area contributed by atoms with Crippen molar-refractivity contribution < 1.29 is 0 Å². The molecule has 3 aromatic rings. The molecule has 1 aromatic heterocycles. The first kappa shape index (κ1) is 13.3. The maximum atomic E-state index is 6.02. The van der Waals surface area contributed by atoms with E-state index >= 15 is 0 Å². The van der Waals surface area contributed by atoms with Crippen molar-refractivity contribution in [2.75, 3.05) is 5.32 Å². The third-order valence-electron chi connectivity index (χ3n) is 3.15. The van der Waals surface area contributed by atoms with E-state index in [1.54, 1.807) is 0 Å². The zero-order valence-corrected chi connectivity index (χ0v) is 13.0. The van der Waals surface area contributed by atoms with E-state index in [2.05, 4.69) is 43.3 Å². The highest BCUT2D eigenvalue weighted by molar-refractivity contribution is 9.10. The number of hydrogen-bond acceptors (Lipinski definition) is 3. The van der Waals surface area contributed by atoms with Crippen molar-refractivity contribution in [2.45, 2.75) is 6.92 Å². The van der Waals surface area contributed by atoms with Gasteiger partial charge in [0.1, 0.15) is 17.3 Å². The summed E-state index contributed by atoms with van der Waals surface area (Å²) in [4.78, 5) is 8.21. The normalized spacial score (nSPS) is 10.8. The third-order valence-corrected chi connectivity index (χ3v) is 4.22. The SMILES string of the molecule is Cc1c(Cl)ncnc1Nc1ccc(Br)c2ccccc12. The van der Waals surface area contributed by atoms with Gasteiger partial charge in [-0.3, -0.25) is 0 Å². The Kier molecular flexibility index (Phi) is 3.59. The molecule has 0 saturated heterocycles. The molecule has 100 valence electrons. The largest absolute Gasteiger partial charge is 0.339 e. The lowest BCUT2D eigenvalue weighted by atomic mass is 10.1. The first-order chi connectivity index (χ1) is 9.66. The fraction of sp³-hybridized carbons (Fsp3) is 0.0667. The van der Waals surface area contributed by atoms with E-state index in [1.165, 1.54) is 6.33 Å². The van der Waals surface area contributed by atoms with Crippen LogP contribution in [-0.4, -0.2) is 9.97 Å². The quantitative estimate of drug-likeness (QED) is 0.655. The average molecular weight is 349 g/mol. The smallest absolute Gasteiger partial charge is 0.138 e. The summed E-state index contributed by atoms with van der Waals surface area (Å²) in [5.41, 5.74) is 1.82. The number of hydrogen-bond donors (Lipinski definition) is 1. The molecule has 2 aromatic carbocycles. The second-order valence-electron chi connectivity index (χ2n) is 4.40. The second-order valence-corrected chi connectivity index (χ2v) is 5.62. The Morgan fingerprint density at radius 1 is 1.05 bits per heavy atom. The fourth-order valence-electron chi connectivity index (χ4n) is 2.05. The number of rotatable bonds is 2. The summed E-state index contributed by atoms with van der Waals surface area (Å²) in [6, 6.07) is 12.2. The van der Waals surface area contributed by atoms with E-state index < -0.39 is 0 Å². The monoisotopic (exact) mass is 347 g/mol. The highest BCUT2D eigenvalue weighted by Crippen LogP contribution is 2.32. The summed E-state index contributed by atoms with van der Waals surface area (Å²) in [7, 11) is 0. The molecule has 0 bridgehead atoms. The fourth-order valence-corrected chi connectivity index (χ4v) is 2.66. The minimum absolute atomic E-state index is 0.462. The number of fused-ring (bicyclic) bond motifs is 1. The Hall–Kier alpha value is -1.65. The molecule has 0 radical (unpaired) electrons. The van der Waals surface area contributed by atoms with Crippen LogP contribution in [0.2, 0.25) is 5.15 Å². The number of nitrogens with one attached hydrogen (secondary N) is 1. The van der Waals surface area contributed by atoms with E-state index in [0.717, 1.165) is 32.3 Å². The predicted molar refractivity (Wildman–Crippen MR) is 86.7 cm³/mol. The lowest BCUT2D eigenvalue weighted by Gasteiger charge is -2.12. The van der Waals surface area contributed by atoms with Crippen LogP contribution in [0.1, 0.15) is 5.56 Å². The predicted octanol–water partition coefficient (Wildman–Crippen LogP) is 5.10.